The molecule has 3 rings (SSSR count). The maximum Gasteiger partial charge on any atom is 0.194 e. The molecule has 2 atom stereocenters. The minimum atomic E-state index is 0.634. The fourth-order valence-electron chi connectivity index (χ4n) is 3.12. The molecule has 2 aliphatic heterocycles. The van der Waals surface area contributed by atoms with Crippen molar-refractivity contribution >= 4 is 21.9 Å². The highest BCUT2D eigenvalue weighted by Crippen LogP contribution is 2.26. The lowest BCUT2D eigenvalue weighted by Crippen LogP contribution is -2.48. The number of rotatable bonds is 2. The zero-order valence-electron chi connectivity index (χ0n) is 12.2. The molecule has 0 spiro atoms. The lowest BCUT2D eigenvalue weighted by molar-refractivity contribution is 0.211. The number of aryl methyl sites for hydroxylation is 1. The molecule has 1 saturated heterocycles. The van der Waals surface area contributed by atoms with Crippen LogP contribution in [0, 0.1) is 12.8 Å². The topological polar surface area (TPSA) is 27.6 Å². The van der Waals surface area contributed by atoms with E-state index in [9.17, 15) is 0 Å². The highest BCUT2D eigenvalue weighted by Gasteiger charge is 2.32. The van der Waals surface area contributed by atoms with Crippen molar-refractivity contribution < 1.29 is 0 Å². The zero-order chi connectivity index (χ0) is 14.1. The Bertz CT molecular complexity index is 526. The van der Waals surface area contributed by atoms with Gasteiger partial charge >= 0.3 is 0 Å². The van der Waals surface area contributed by atoms with E-state index in [0.717, 1.165) is 31.5 Å². The summed E-state index contributed by atoms with van der Waals surface area (Å²) in [5.41, 5.74) is 2.57. The first-order valence-electron chi connectivity index (χ1n) is 7.44. The van der Waals surface area contributed by atoms with Crippen LogP contribution in [0.1, 0.15) is 30.9 Å². The molecule has 2 heterocycles. The second-order valence-electron chi connectivity index (χ2n) is 6.05. The van der Waals surface area contributed by atoms with E-state index in [1.807, 2.05) is 0 Å². The molecule has 0 aromatic heterocycles. The smallest absolute Gasteiger partial charge is 0.194 e. The normalized spacial score (nSPS) is 25.4. The summed E-state index contributed by atoms with van der Waals surface area (Å²) < 4.78 is 1.20. The Balaban J connectivity index is 1.65. The number of piperidine rings is 1. The van der Waals surface area contributed by atoms with Crippen molar-refractivity contribution in [1.29, 1.82) is 0 Å². The van der Waals surface area contributed by atoms with Gasteiger partial charge in [0.05, 0.1) is 12.6 Å². The molecular formula is C16H22BrN3. The van der Waals surface area contributed by atoms with Gasteiger partial charge in [-0.25, -0.2) is 0 Å². The second-order valence-corrected chi connectivity index (χ2v) is 6.85. The van der Waals surface area contributed by atoms with Crippen LogP contribution in [0.25, 0.3) is 0 Å². The molecule has 1 N–H and O–H groups in total. The number of benzene rings is 1. The Morgan fingerprint density at radius 1 is 1.40 bits per heavy atom. The maximum atomic E-state index is 4.70. The van der Waals surface area contributed by atoms with Gasteiger partial charge in [-0.2, -0.15) is 0 Å². The Morgan fingerprint density at radius 3 is 3.10 bits per heavy atom. The fraction of sp³-hybridized carbons (Fsp3) is 0.562. The van der Waals surface area contributed by atoms with Gasteiger partial charge in [0, 0.05) is 17.6 Å². The standard InChI is InChI=1S/C16H22BrN3/c1-11-6-7-14-9-19-16(20(14)10-11)18-8-13-5-3-4-12(2)15(13)17/h3-5,11,14H,6-10H2,1-2H3,(H,18,19). The summed E-state index contributed by atoms with van der Waals surface area (Å²) in [7, 11) is 0. The molecule has 0 aliphatic carbocycles. The van der Waals surface area contributed by atoms with Gasteiger partial charge in [-0.05, 0) is 36.8 Å². The Morgan fingerprint density at radius 2 is 2.25 bits per heavy atom. The molecule has 20 heavy (non-hydrogen) atoms. The minimum Gasteiger partial charge on any atom is -0.352 e. The predicted octanol–water partition coefficient (Wildman–Crippen LogP) is 3.32. The summed E-state index contributed by atoms with van der Waals surface area (Å²) >= 11 is 3.67. The number of nitrogens with zero attached hydrogens (tertiary/aromatic N) is 2. The van der Waals surface area contributed by atoms with Crippen LogP contribution in [0.5, 0.6) is 0 Å². The van der Waals surface area contributed by atoms with Crippen molar-refractivity contribution in [1.82, 2.24) is 10.2 Å². The molecule has 1 aromatic rings. The number of hydrogen-bond acceptors (Lipinski definition) is 3. The van der Waals surface area contributed by atoms with E-state index in [0.29, 0.717) is 6.04 Å². The fourth-order valence-corrected chi connectivity index (χ4v) is 3.52. The lowest BCUT2D eigenvalue weighted by atomic mass is 9.95. The summed E-state index contributed by atoms with van der Waals surface area (Å²) in [6, 6.07) is 7.03. The lowest BCUT2D eigenvalue weighted by Gasteiger charge is -2.35. The minimum absolute atomic E-state index is 0.634. The van der Waals surface area contributed by atoms with Gasteiger partial charge in [0.2, 0.25) is 0 Å². The molecule has 2 unspecified atom stereocenters. The summed E-state index contributed by atoms with van der Waals surface area (Å²) in [6.07, 6.45) is 2.62. The molecule has 0 radical (unpaired) electrons. The van der Waals surface area contributed by atoms with Gasteiger partial charge < -0.3 is 10.2 Å². The SMILES string of the molecule is Cc1cccc(CNC2=NCC3CCC(C)CN23)c1Br. The number of fused-ring (bicyclic) bond motifs is 1. The summed E-state index contributed by atoms with van der Waals surface area (Å²) in [4.78, 5) is 7.17. The van der Waals surface area contributed by atoms with Gasteiger partial charge in [0.15, 0.2) is 5.96 Å². The molecular weight excluding hydrogens is 314 g/mol. The van der Waals surface area contributed by atoms with Gasteiger partial charge in [-0.15, -0.1) is 0 Å². The molecule has 4 heteroatoms. The molecule has 0 amide bonds. The molecule has 108 valence electrons. The van der Waals surface area contributed by atoms with E-state index in [-0.39, 0.29) is 0 Å². The van der Waals surface area contributed by atoms with Crippen LogP contribution in [0.3, 0.4) is 0 Å². The average Bonchev–Trinajstić information content (AvgIpc) is 2.83. The van der Waals surface area contributed by atoms with Crippen molar-refractivity contribution in [3.63, 3.8) is 0 Å². The molecule has 0 saturated carbocycles. The summed E-state index contributed by atoms with van der Waals surface area (Å²) in [5, 5.41) is 3.53. The summed E-state index contributed by atoms with van der Waals surface area (Å²) in [5.74, 6) is 1.87. The van der Waals surface area contributed by atoms with Crippen LogP contribution in [0.15, 0.2) is 27.7 Å². The largest absolute Gasteiger partial charge is 0.352 e. The monoisotopic (exact) mass is 335 g/mol. The Kier molecular flexibility index (Phi) is 4.01. The number of hydrogen-bond donors (Lipinski definition) is 1. The molecule has 1 aromatic carbocycles. The zero-order valence-corrected chi connectivity index (χ0v) is 13.8. The van der Waals surface area contributed by atoms with E-state index in [1.54, 1.807) is 0 Å². The van der Waals surface area contributed by atoms with Crippen LogP contribution >= 0.6 is 15.9 Å². The van der Waals surface area contributed by atoms with E-state index in [4.69, 9.17) is 4.99 Å². The Hall–Kier alpha value is -1.03. The van der Waals surface area contributed by atoms with Crippen LogP contribution in [0.4, 0.5) is 0 Å². The van der Waals surface area contributed by atoms with Crippen molar-refractivity contribution in [2.24, 2.45) is 10.9 Å². The first-order chi connectivity index (χ1) is 9.65. The first-order valence-corrected chi connectivity index (χ1v) is 8.23. The Labute approximate surface area is 129 Å². The second kappa shape index (κ2) is 5.76. The van der Waals surface area contributed by atoms with Gasteiger partial charge in [-0.3, -0.25) is 4.99 Å². The van der Waals surface area contributed by atoms with Crippen molar-refractivity contribution in [2.45, 2.75) is 39.3 Å². The molecule has 1 fully saturated rings. The van der Waals surface area contributed by atoms with Crippen LogP contribution in [0.2, 0.25) is 0 Å². The average molecular weight is 336 g/mol. The third-order valence-corrected chi connectivity index (χ3v) is 5.51. The maximum absolute atomic E-state index is 4.70. The van der Waals surface area contributed by atoms with Crippen LogP contribution < -0.4 is 5.32 Å². The van der Waals surface area contributed by atoms with Crippen LogP contribution in [-0.2, 0) is 6.54 Å². The number of nitrogens with one attached hydrogen (secondary N) is 1. The number of aliphatic imine (C=N–C) groups is 1. The highest BCUT2D eigenvalue weighted by molar-refractivity contribution is 9.10. The third-order valence-electron chi connectivity index (χ3n) is 4.37. The van der Waals surface area contributed by atoms with Gasteiger partial charge in [0.25, 0.3) is 0 Å². The van der Waals surface area contributed by atoms with E-state index in [1.165, 1.54) is 28.4 Å². The van der Waals surface area contributed by atoms with Crippen LogP contribution in [-0.4, -0.2) is 30.0 Å². The summed E-state index contributed by atoms with van der Waals surface area (Å²) in [6.45, 7) is 7.40. The van der Waals surface area contributed by atoms with Gasteiger partial charge in [0.1, 0.15) is 0 Å². The van der Waals surface area contributed by atoms with E-state index < -0.39 is 0 Å². The number of halogens is 1. The quantitative estimate of drug-likeness (QED) is 0.897. The van der Waals surface area contributed by atoms with Crippen molar-refractivity contribution in [2.75, 3.05) is 13.1 Å². The van der Waals surface area contributed by atoms with E-state index >= 15 is 0 Å². The number of guanidine groups is 1. The molecule has 2 aliphatic rings. The van der Waals surface area contributed by atoms with Gasteiger partial charge in [-0.1, -0.05) is 41.1 Å². The third kappa shape index (κ3) is 2.71. The first kappa shape index (κ1) is 13.9. The highest BCUT2D eigenvalue weighted by atomic mass is 79.9. The molecule has 3 nitrogen and oxygen atoms in total. The van der Waals surface area contributed by atoms with Crippen molar-refractivity contribution in [3.05, 3.63) is 33.8 Å². The van der Waals surface area contributed by atoms with Crippen molar-refractivity contribution in [3.8, 4) is 0 Å². The molecule has 0 bridgehead atoms. The van der Waals surface area contributed by atoms with E-state index in [2.05, 4.69) is 58.2 Å². The predicted molar refractivity (Wildman–Crippen MR) is 86.9 cm³/mol.